The Balaban J connectivity index is 3.15. The Morgan fingerprint density at radius 3 is 2.54 bits per heavy atom. The van der Waals surface area contributed by atoms with Gasteiger partial charge in [0.15, 0.2) is 17.7 Å². The van der Waals surface area contributed by atoms with Crippen LogP contribution in [0.1, 0.15) is 11.7 Å². The molecule has 0 saturated carbocycles. The van der Waals surface area contributed by atoms with E-state index in [0.29, 0.717) is 0 Å². The molecule has 1 aromatic rings. The highest BCUT2D eigenvalue weighted by molar-refractivity contribution is 5.74. The van der Waals surface area contributed by atoms with E-state index in [0.717, 1.165) is 18.2 Å². The zero-order chi connectivity index (χ0) is 10.0. The first kappa shape index (κ1) is 9.60. The minimum Gasteiger partial charge on any atom is -0.479 e. The van der Waals surface area contributed by atoms with E-state index in [1.807, 2.05) is 0 Å². The minimum atomic E-state index is -2.03. The summed E-state index contributed by atoms with van der Waals surface area (Å²) in [7, 11) is 0. The van der Waals surface area contributed by atoms with Crippen LogP contribution in [0.25, 0.3) is 0 Å². The average Bonchev–Trinajstić information content (AvgIpc) is 2.08. The molecule has 0 spiro atoms. The number of aliphatic hydroxyl groups is 1. The molecule has 0 aliphatic heterocycles. The number of hydrogen-bond acceptors (Lipinski definition) is 2. The molecule has 70 valence electrons. The van der Waals surface area contributed by atoms with E-state index in [1.165, 1.54) is 0 Å². The van der Waals surface area contributed by atoms with Crippen molar-refractivity contribution in [3.8, 4) is 0 Å². The second-order valence-electron chi connectivity index (χ2n) is 2.38. The standard InChI is InChI=1S/C8H6F2O3/c9-5-3-1-2-4(6(5)10)7(11)8(12)13/h1-3,7,11H,(H,12,13)/t7-/m0/s1. The van der Waals surface area contributed by atoms with Crippen molar-refractivity contribution in [3.05, 3.63) is 35.4 Å². The maximum Gasteiger partial charge on any atom is 0.337 e. The molecule has 0 aliphatic carbocycles. The molecule has 13 heavy (non-hydrogen) atoms. The zero-order valence-electron chi connectivity index (χ0n) is 6.37. The van der Waals surface area contributed by atoms with Crippen LogP contribution >= 0.6 is 0 Å². The van der Waals surface area contributed by atoms with Gasteiger partial charge in [-0.3, -0.25) is 0 Å². The third-order valence-electron chi connectivity index (χ3n) is 1.51. The lowest BCUT2D eigenvalue weighted by Crippen LogP contribution is -2.12. The van der Waals surface area contributed by atoms with E-state index in [1.54, 1.807) is 0 Å². The fraction of sp³-hybridized carbons (Fsp3) is 0.125. The predicted octanol–water partition coefficient (Wildman–Crippen LogP) is 1.08. The fourth-order valence-electron chi connectivity index (χ4n) is 0.865. The van der Waals surface area contributed by atoms with Gasteiger partial charge in [0.25, 0.3) is 0 Å². The number of carbonyl (C=O) groups is 1. The maximum atomic E-state index is 12.8. The number of aliphatic hydroxyl groups excluding tert-OH is 1. The molecular weight excluding hydrogens is 182 g/mol. The Bertz CT molecular complexity index is 338. The molecule has 0 heterocycles. The van der Waals surface area contributed by atoms with Crippen molar-refractivity contribution in [2.45, 2.75) is 6.10 Å². The molecule has 1 atom stereocenters. The van der Waals surface area contributed by atoms with Crippen LogP contribution < -0.4 is 0 Å². The van der Waals surface area contributed by atoms with Crippen LogP contribution in [0.15, 0.2) is 18.2 Å². The SMILES string of the molecule is O=C(O)[C@@H](O)c1cccc(F)c1F. The highest BCUT2D eigenvalue weighted by atomic mass is 19.2. The predicted molar refractivity (Wildman–Crippen MR) is 39.0 cm³/mol. The van der Waals surface area contributed by atoms with E-state index in [-0.39, 0.29) is 0 Å². The molecular formula is C8H6F2O3. The number of aliphatic carboxylic acids is 1. The number of hydrogen-bond donors (Lipinski definition) is 2. The summed E-state index contributed by atoms with van der Waals surface area (Å²) in [6.07, 6.45) is -2.03. The van der Waals surface area contributed by atoms with Gasteiger partial charge >= 0.3 is 5.97 Å². The van der Waals surface area contributed by atoms with Gasteiger partial charge in [-0.25, -0.2) is 13.6 Å². The quantitative estimate of drug-likeness (QED) is 0.730. The molecule has 0 radical (unpaired) electrons. The summed E-state index contributed by atoms with van der Waals surface area (Å²) >= 11 is 0. The highest BCUT2D eigenvalue weighted by Crippen LogP contribution is 2.18. The Morgan fingerprint density at radius 2 is 2.00 bits per heavy atom. The molecule has 5 heteroatoms. The summed E-state index contributed by atoms with van der Waals surface area (Å²) in [6.45, 7) is 0. The van der Waals surface area contributed by atoms with Gasteiger partial charge in [0.05, 0.1) is 0 Å². The molecule has 0 unspecified atom stereocenters. The van der Waals surface area contributed by atoms with Crippen LogP contribution in [-0.2, 0) is 4.79 Å². The van der Waals surface area contributed by atoms with Gasteiger partial charge in [0, 0.05) is 5.56 Å². The third-order valence-corrected chi connectivity index (χ3v) is 1.51. The Labute approximate surface area is 72.2 Å². The normalized spacial score (nSPS) is 12.5. The lowest BCUT2D eigenvalue weighted by Gasteiger charge is -2.06. The first-order valence-corrected chi connectivity index (χ1v) is 3.39. The lowest BCUT2D eigenvalue weighted by atomic mass is 10.1. The van der Waals surface area contributed by atoms with E-state index in [4.69, 9.17) is 10.2 Å². The number of halogens is 2. The van der Waals surface area contributed by atoms with Crippen molar-refractivity contribution < 1.29 is 23.8 Å². The topological polar surface area (TPSA) is 57.5 Å². The number of benzene rings is 1. The number of carboxylic acid groups (broad SMARTS) is 1. The number of rotatable bonds is 2. The fourth-order valence-corrected chi connectivity index (χ4v) is 0.865. The molecule has 3 nitrogen and oxygen atoms in total. The van der Waals surface area contributed by atoms with E-state index in [9.17, 15) is 13.6 Å². The van der Waals surface area contributed by atoms with Gasteiger partial charge in [0.1, 0.15) is 0 Å². The molecule has 0 aliphatic rings. The summed E-state index contributed by atoms with van der Waals surface area (Å²) in [5.41, 5.74) is -0.576. The van der Waals surface area contributed by atoms with Crippen molar-refractivity contribution in [2.24, 2.45) is 0 Å². The van der Waals surface area contributed by atoms with Gasteiger partial charge in [-0.05, 0) is 6.07 Å². The summed E-state index contributed by atoms with van der Waals surface area (Å²) in [5.74, 6) is -4.14. The lowest BCUT2D eigenvalue weighted by molar-refractivity contribution is -0.147. The van der Waals surface area contributed by atoms with Crippen molar-refractivity contribution >= 4 is 5.97 Å². The third kappa shape index (κ3) is 1.81. The molecule has 0 fully saturated rings. The van der Waals surface area contributed by atoms with Crippen LogP contribution in [-0.4, -0.2) is 16.2 Å². The maximum absolute atomic E-state index is 12.8. The second kappa shape index (κ2) is 3.49. The van der Waals surface area contributed by atoms with Gasteiger partial charge in [-0.2, -0.15) is 0 Å². The van der Waals surface area contributed by atoms with Gasteiger partial charge in [0.2, 0.25) is 0 Å². The molecule has 2 N–H and O–H groups in total. The van der Waals surface area contributed by atoms with Crippen molar-refractivity contribution in [3.63, 3.8) is 0 Å². The van der Waals surface area contributed by atoms with Gasteiger partial charge < -0.3 is 10.2 Å². The Morgan fingerprint density at radius 1 is 1.38 bits per heavy atom. The van der Waals surface area contributed by atoms with Gasteiger partial charge in [-0.1, -0.05) is 12.1 Å². The van der Waals surface area contributed by atoms with Crippen molar-refractivity contribution in [1.82, 2.24) is 0 Å². The Kier molecular flexibility index (Phi) is 2.57. The summed E-state index contributed by atoms with van der Waals surface area (Å²) < 4.78 is 25.3. The Hall–Kier alpha value is -1.49. The smallest absolute Gasteiger partial charge is 0.337 e. The van der Waals surface area contributed by atoms with Crippen LogP contribution in [0.3, 0.4) is 0 Å². The molecule has 0 aromatic heterocycles. The van der Waals surface area contributed by atoms with E-state index >= 15 is 0 Å². The van der Waals surface area contributed by atoms with Crippen molar-refractivity contribution in [1.29, 1.82) is 0 Å². The molecule has 0 saturated heterocycles. The van der Waals surface area contributed by atoms with E-state index < -0.39 is 29.3 Å². The first-order chi connectivity index (χ1) is 6.04. The van der Waals surface area contributed by atoms with Crippen LogP contribution in [0.5, 0.6) is 0 Å². The number of carboxylic acids is 1. The highest BCUT2D eigenvalue weighted by Gasteiger charge is 2.21. The molecule has 1 rings (SSSR count). The average molecular weight is 188 g/mol. The van der Waals surface area contributed by atoms with Crippen LogP contribution in [0.4, 0.5) is 8.78 Å². The largest absolute Gasteiger partial charge is 0.479 e. The van der Waals surface area contributed by atoms with Crippen LogP contribution in [0.2, 0.25) is 0 Å². The van der Waals surface area contributed by atoms with Gasteiger partial charge in [-0.15, -0.1) is 0 Å². The molecule has 0 amide bonds. The van der Waals surface area contributed by atoms with Crippen LogP contribution in [0, 0.1) is 11.6 Å². The molecule has 0 bridgehead atoms. The summed E-state index contributed by atoms with van der Waals surface area (Å²) in [5, 5.41) is 17.2. The summed E-state index contributed by atoms with van der Waals surface area (Å²) in [4.78, 5) is 10.2. The van der Waals surface area contributed by atoms with Crippen molar-refractivity contribution in [2.75, 3.05) is 0 Å². The molecule has 1 aromatic carbocycles. The minimum absolute atomic E-state index is 0.576. The first-order valence-electron chi connectivity index (χ1n) is 3.39. The summed E-state index contributed by atoms with van der Waals surface area (Å²) in [6, 6.07) is 2.98. The zero-order valence-corrected chi connectivity index (χ0v) is 6.37. The monoisotopic (exact) mass is 188 g/mol. The second-order valence-corrected chi connectivity index (χ2v) is 2.38. The van der Waals surface area contributed by atoms with E-state index in [2.05, 4.69) is 0 Å².